The first-order valence-electron chi connectivity index (χ1n) is 9.31. The molecule has 0 bridgehead atoms. The summed E-state index contributed by atoms with van der Waals surface area (Å²) in [5, 5.41) is 3.51. The highest BCUT2D eigenvalue weighted by atomic mass is 35.5. The molecule has 136 valence electrons. The Morgan fingerprint density at radius 1 is 1.44 bits per heavy atom. The van der Waals surface area contributed by atoms with Gasteiger partial charge in [0.2, 0.25) is 0 Å². The lowest BCUT2D eigenvalue weighted by molar-refractivity contribution is 0.0938. The van der Waals surface area contributed by atoms with E-state index in [0.717, 1.165) is 12.0 Å². The molecule has 0 unspecified atom stereocenters. The molecule has 2 fully saturated rings. The Bertz CT molecular complexity index is 696. The topological polar surface area (TPSA) is 67.6 Å². The van der Waals surface area contributed by atoms with Gasteiger partial charge in [-0.1, -0.05) is 11.6 Å². The molecule has 1 aromatic rings. The quantitative estimate of drug-likeness (QED) is 0.807. The second-order valence-corrected chi connectivity index (χ2v) is 8.09. The van der Waals surface area contributed by atoms with Gasteiger partial charge >= 0.3 is 0 Å². The van der Waals surface area contributed by atoms with Crippen LogP contribution in [0.4, 0.5) is 5.69 Å². The summed E-state index contributed by atoms with van der Waals surface area (Å²) in [6, 6.07) is 1.64. The van der Waals surface area contributed by atoms with Gasteiger partial charge < -0.3 is 15.8 Å². The molecule has 0 aromatic heterocycles. The van der Waals surface area contributed by atoms with E-state index in [4.69, 9.17) is 22.1 Å². The first-order valence-corrected chi connectivity index (χ1v) is 9.69. The number of carbonyl (C=O) groups is 1. The zero-order valence-electron chi connectivity index (χ0n) is 14.7. The van der Waals surface area contributed by atoms with E-state index in [1.807, 2.05) is 6.92 Å². The van der Waals surface area contributed by atoms with E-state index in [1.54, 1.807) is 6.07 Å². The van der Waals surface area contributed by atoms with Gasteiger partial charge in [-0.15, -0.1) is 0 Å². The summed E-state index contributed by atoms with van der Waals surface area (Å²) >= 11 is 6.23. The fourth-order valence-corrected chi connectivity index (χ4v) is 5.10. The van der Waals surface area contributed by atoms with Crippen molar-refractivity contribution in [3.8, 4) is 5.75 Å². The first-order chi connectivity index (χ1) is 12.0. The smallest absolute Gasteiger partial charge is 0.255 e. The molecule has 1 amide bonds. The van der Waals surface area contributed by atoms with Crippen molar-refractivity contribution in [2.45, 2.75) is 57.1 Å². The maximum absolute atomic E-state index is 12.7. The normalized spacial score (nSPS) is 24.0. The van der Waals surface area contributed by atoms with Crippen LogP contribution in [0.3, 0.4) is 0 Å². The highest BCUT2D eigenvalue weighted by Gasteiger charge is 2.43. The number of amides is 1. The summed E-state index contributed by atoms with van der Waals surface area (Å²) in [5.74, 6) is 0.486. The molecular formula is C19H26ClN3O2. The van der Waals surface area contributed by atoms with E-state index in [1.165, 1.54) is 38.8 Å². The summed E-state index contributed by atoms with van der Waals surface area (Å²) < 4.78 is 5.84. The Kier molecular flexibility index (Phi) is 4.32. The van der Waals surface area contributed by atoms with Crippen molar-refractivity contribution >= 4 is 23.2 Å². The molecule has 0 radical (unpaired) electrons. The SMILES string of the molecule is C[C@H]1Cc2c(N)c(Cl)cc(C(=O)NCCC34CCCN3CCC4)c2O1. The van der Waals surface area contributed by atoms with E-state index in [-0.39, 0.29) is 12.0 Å². The van der Waals surface area contributed by atoms with Gasteiger partial charge in [0.05, 0.1) is 16.3 Å². The van der Waals surface area contributed by atoms with E-state index < -0.39 is 0 Å². The zero-order valence-corrected chi connectivity index (χ0v) is 15.5. The number of fused-ring (bicyclic) bond motifs is 2. The fourth-order valence-electron chi connectivity index (χ4n) is 4.87. The Morgan fingerprint density at radius 3 is 2.88 bits per heavy atom. The summed E-state index contributed by atoms with van der Waals surface area (Å²) in [7, 11) is 0. The third kappa shape index (κ3) is 2.87. The number of ether oxygens (including phenoxy) is 1. The van der Waals surface area contributed by atoms with Gasteiger partial charge in [0.1, 0.15) is 11.9 Å². The maximum Gasteiger partial charge on any atom is 0.255 e. The third-order valence-corrected chi connectivity index (χ3v) is 6.43. The number of nitrogens with one attached hydrogen (secondary N) is 1. The number of halogens is 1. The Labute approximate surface area is 153 Å². The third-order valence-electron chi connectivity index (χ3n) is 6.11. The minimum absolute atomic E-state index is 0.0201. The van der Waals surface area contributed by atoms with Crippen molar-refractivity contribution in [2.75, 3.05) is 25.4 Å². The summed E-state index contributed by atoms with van der Waals surface area (Å²) in [5.41, 5.74) is 8.27. The molecule has 0 saturated carbocycles. The van der Waals surface area contributed by atoms with Gasteiger partial charge in [0.25, 0.3) is 5.91 Å². The largest absolute Gasteiger partial charge is 0.489 e. The van der Waals surface area contributed by atoms with Crippen molar-refractivity contribution in [3.05, 3.63) is 22.2 Å². The minimum Gasteiger partial charge on any atom is -0.489 e. The molecule has 3 aliphatic rings. The number of carbonyl (C=O) groups excluding carboxylic acids is 1. The average molecular weight is 364 g/mol. The molecule has 1 aromatic carbocycles. The van der Waals surface area contributed by atoms with Crippen molar-refractivity contribution in [2.24, 2.45) is 0 Å². The number of hydrogen-bond acceptors (Lipinski definition) is 4. The van der Waals surface area contributed by atoms with Crippen LogP contribution in [-0.2, 0) is 6.42 Å². The second-order valence-electron chi connectivity index (χ2n) is 7.68. The Balaban J connectivity index is 1.46. The number of nitrogen functional groups attached to an aromatic ring is 1. The molecular weight excluding hydrogens is 338 g/mol. The summed E-state index contributed by atoms with van der Waals surface area (Å²) in [6.07, 6.45) is 6.80. The maximum atomic E-state index is 12.7. The highest BCUT2D eigenvalue weighted by Crippen LogP contribution is 2.42. The molecule has 1 atom stereocenters. The van der Waals surface area contributed by atoms with Gasteiger partial charge in [0.15, 0.2) is 0 Å². The van der Waals surface area contributed by atoms with Crippen LogP contribution in [0.2, 0.25) is 5.02 Å². The minimum atomic E-state index is -0.119. The fraction of sp³-hybridized carbons (Fsp3) is 0.632. The van der Waals surface area contributed by atoms with Gasteiger partial charge in [-0.2, -0.15) is 0 Å². The molecule has 6 heteroatoms. The van der Waals surface area contributed by atoms with E-state index in [9.17, 15) is 4.79 Å². The van der Waals surface area contributed by atoms with Gasteiger partial charge in [-0.25, -0.2) is 0 Å². The zero-order chi connectivity index (χ0) is 17.6. The molecule has 2 saturated heterocycles. The van der Waals surface area contributed by atoms with Crippen LogP contribution in [0.5, 0.6) is 5.75 Å². The van der Waals surface area contributed by atoms with Crippen LogP contribution < -0.4 is 15.8 Å². The Hall–Kier alpha value is -1.46. The molecule has 0 spiro atoms. The lowest BCUT2D eigenvalue weighted by Gasteiger charge is -2.32. The number of anilines is 1. The number of nitrogens with zero attached hydrogens (tertiary/aromatic N) is 1. The molecule has 4 rings (SSSR count). The monoisotopic (exact) mass is 363 g/mol. The van der Waals surface area contributed by atoms with Crippen LogP contribution in [-0.4, -0.2) is 42.1 Å². The predicted octanol–water partition coefficient (Wildman–Crippen LogP) is 2.99. The van der Waals surface area contributed by atoms with Crippen molar-refractivity contribution in [1.29, 1.82) is 0 Å². The summed E-state index contributed by atoms with van der Waals surface area (Å²) in [4.78, 5) is 15.3. The van der Waals surface area contributed by atoms with Crippen LogP contribution >= 0.6 is 11.6 Å². The standard InChI is InChI=1S/C19H26ClN3O2/c1-12-10-13-16(21)15(20)11-14(17(13)25-12)18(24)22-7-6-19-4-2-8-23(19)9-3-5-19/h11-12H,2-10,21H2,1H3,(H,22,24)/t12-/m0/s1. The average Bonchev–Trinajstić information content (AvgIpc) is 3.24. The second kappa shape index (κ2) is 6.36. The van der Waals surface area contributed by atoms with Crippen LogP contribution in [0, 0.1) is 0 Å². The lowest BCUT2D eigenvalue weighted by Crippen LogP contribution is -2.41. The number of rotatable bonds is 4. The van der Waals surface area contributed by atoms with Crippen molar-refractivity contribution < 1.29 is 9.53 Å². The van der Waals surface area contributed by atoms with E-state index in [0.29, 0.717) is 40.5 Å². The Morgan fingerprint density at radius 2 is 2.16 bits per heavy atom. The van der Waals surface area contributed by atoms with Crippen LogP contribution in [0.1, 0.15) is 54.9 Å². The lowest BCUT2D eigenvalue weighted by atomic mass is 9.90. The molecule has 0 aliphatic carbocycles. The molecule has 3 heterocycles. The molecule has 25 heavy (non-hydrogen) atoms. The number of nitrogens with two attached hydrogens (primary N) is 1. The predicted molar refractivity (Wildman–Crippen MR) is 99.4 cm³/mol. The van der Waals surface area contributed by atoms with Crippen LogP contribution in [0.25, 0.3) is 0 Å². The highest BCUT2D eigenvalue weighted by molar-refractivity contribution is 6.33. The summed E-state index contributed by atoms with van der Waals surface area (Å²) in [6.45, 7) is 5.08. The molecule has 3 N–H and O–H groups in total. The number of benzene rings is 1. The van der Waals surface area contributed by atoms with Gasteiger partial charge in [-0.05, 0) is 58.2 Å². The van der Waals surface area contributed by atoms with Crippen molar-refractivity contribution in [1.82, 2.24) is 10.2 Å². The van der Waals surface area contributed by atoms with E-state index >= 15 is 0 Å². The number of hydrogen-bond donors (Lipinski definition) is 2. The van der Waals surface area contributed by atoms with Gasteiger partial charge in [-0.3, -0.25) is 9.69 Å². The van der Waals surface area contributed by atoms with Crippen molar-refractivity contribution in [3.63, 3.8) is 0 Å². The van der Waals surface area contributed by atoms with Gasteiger partial charge in [0, 0.05) is 24.1 Å². The van der Waals surface area contributed by atoms with Crippen LogP contribution in [0.15, 0.2) is 6.07 Å². The molecule has 3 aliphatic heterocycles. The molecule has 5 nitrogen and oxygen atoms in total. The first kappa shape index (κ1) is 17.0. The van der Waals surface area contributed by atoms with E-state index in [2.05, 4.69) is 10.2 Å².